The van der Waals surface area contributed by atoms with Gasteiger partial charge in [-0.2, -0.15) is 0 Å². The van der Waals surface area contributed by atoms with Gasteiger partial charge in [0.2, 0.25) is 15.9 Å². The molecule has 0 spiro atoms. The van der Waals surface area contributed by atoms with Gasteiger partial charge in [0.1, 0.15) is 4.90 Å². The Bertz CT molecular complexity index is 560. The van der Waals surface area contributed by atoms with Gasteiger partial charge < -0.3 is 11.1 Å². The topological polar surface area (TPSA) is 101 Å². The van der Waals surface area contributed by atoms with E-state index >= 15 is 0 Å². The largest absolute Gasteiger partial charge is 0.398 e. The number of carbonyl (C=O) groups is 1. The number of hydrogen-bond acceptors (Lipinski definition) is 4. The van der Waals surface area contributed by atoms with E-state index in [1.807, 2.05) is 0 Å². The average Bonchev–Trinajstić information content (AvgIpc) is 2.32. The quantitative estimate of drug-likeness (QED) is 0.674. The summed E-state index contributed by atoms with van der Waals surface area (Å²) >= 11 is 5.74. The van der Waals surface area contributed by atoms with Crippen molar-refractivity contribution in [1.29, 1.82) is 0 Å². The van der Waals surface area contributed by atoms with Gasteiger partial charge in [0.15, 0.2) is 0 Å². The lowest BCUT2D eigenvalue weighted by molar-refractivity contribution is -0.120. The third-order valence-electron chi connectivity index (χ3n) is 2.28. The van der Waals surface area contributed by atoms with Crippen LogP contribution in [0.4, 0.5) is 5.69 Å². The average molecular weight is 306 g/mol. The molecule has 4 N–H and O–H groups in total. The molecule has 0 bridgehead atoms. The number of halogens is 1. The summed E-state index contributed by atoms with van der Waals surface area (Å²) in [6.07, 6.45) is 0.0630. The predicted molar refractivity (Wildman–Crippen MR) is 74.4 cm³/mol. The molecule has 0 saturated carbocycles. The molecule has 8 heteroatoms. The molecule has 0 aliphatic carbocycles. The Labute approximate surface area is 117 Å². The summed E-state index contributed by atoms with van der Waals surface area (Å²) in [6.45, 7) is 2.29. The van der Waals surface area contributed by atoms with Crippen LogP contribution in [-0.2, 0) is 14.8 Å². The Morgan fingerprint density at radius 1 is 1.42 bits per heavy atom. The van der Waals surface area contributed by atoms with Gasteiger partial charge in [0.25, 0.3) is 0 Å². The highest BCUT2D eigenvalue weighted by molar-refractivity contribution is 7.89. The van der Waals surface area contributed by atoms with Crippen LogP contribution >= 0.6 is 11.6 Å². The van der Waals surface area contributed by atoms with Crippen LogP contribution in [-0.4, -0.2) is 27.4 Å². The zero-order chi connectivity index (χ0) is 14.5. The zero-order valence-corrected chi connectivity index (χ0v) is 12.0. The normalized spacial score (nSPS) is 11.3. The van der Waals surface area contributed by atoms with Crippen LogP contribution in [0.3, 0.4) is 0 Å². The smallest absolute Gasteiger partial charge is 0.242 e. The Kier molecular flexibility index (Phi) is 5.59. The molecule has 0 unspecified atom stereocenters. The first-order chi connectivity index (χ1) is 8.86. The molecule has 106 valence electrons. The van der Waals surface area contributed by atoms with Crippen molar-refractivity contribution < 1.29 is 13.2 Å². The van der Waals surface area contributed by atoms with E-state index < -0.39 is 10.0 Å². The minimum absolute atomic E-state index is 0.000119. The molecule has 1 rings (SSSR count). The van der Waals surface area contributed by atoms with Crippen LogP contribution < -0.4 is 15.8 Å². The van der Waals surface area contributed by atoms with Crippen molar-refractivity contribution in [2.24, 2.45) is 0 Å². The van der Waals surface area contributed by atoms with Gasteiger partial charge in [-0.1, -0.05) is 11.6 Å². The monoisotopic (exact) mass is 305 g/mol. The van der Waals surface area contributed by atoms with E-state index in [9.17, 15) is 13.2 Å². The summed E-state index contributed by atoms with van der Waals surface area (Å²) in [6, 6.07) is 4.19. The third kappa shape index (κ3) is 4.70. The number of amides is 1. The first-order valence-corrected chi connectivity index (χ1v) is 7.54. The first-order valence-electron chi connectivity index (χ1n) is 5.68. The second-order valence-electron chi connectivity index (χ2n) is 3.78. The highest BCUT2D eigenvalue weighted by Gasteiger charge is 2.17. The number of rotatable bonds is 6. The van der Waals surface area contributed by atoms with Crippen LogP contribution in [0.25, 0.3) is 0 Å². The van der Waals surface area contributed by atoms with E-state index in [-0.39, 0.29) is 34.5 Å². The second kappa shape index (κ2) is 6.74. The fourth-order valence-electron chi connectivity index (χ4n) is 1.40. The van der Waals surface area contributed by atoms with Crippen molar-refractivity contribution >= 4 is 33.2 Å². The van der Waals surface area contributed by atoms with Crippen LogP contribution in [0.1, 0.15) is 13.3 Å². The molecule has 0 aliphatic heterocycles. The van der Waals surface area contributed by atoms with Gasteiger partial charge in [0.05, 0.1) is 5.69 Å². The molecule has 0 radical (unpaired) electrons. The molecule has 6 nitrogen and oxygen atoms in total. The van der Waals surface area contributed by atoms with Crippen molar-refractivity contribution in [3.8, 4) is 0 Å². The summed E-state index contributed by atoms with van der Waals surface area (Å²) in [5.74, 6) is -0.218. The van der Waals surface area contributed by atoms with Crippen LogP contribution in [0, 0.1) is 0 Å². The number of nitrogens with two attached hydrogens (primary N) is 1. The van der Waals surface area contributed by atoms with Gasteiger partial charge in [0, 0.05) is 24.5 Å². The Morgan fingerprint density at radius 2 is 2.11 bits per heavy atom. The molecule has 1 aromatic carbocycles. The molecule has 1 aromatic rings. The molecular weight excluding hydrogens is 290 g/mol. The third-order valence-corrected chi connectivity index (χ3v) is 4.04. The molecule has 0 atom stereocenters. The summed E-state index contributed by atoms with van der Waals surface area (Å²) in [7, 11) is -3.76. The number of carbonyl (C=O) groups excluding carboxylic acids is 1. The van der Waals surface area contributed by atoms with Gasteiger partial charge >= 0.3 is 0 Å². The molecule has 0 saturated heterocycles. The summed E-state index contributed by atoms with van der Waals surface area (Å²) < 4.78 is 26.2. The van der Waals surface area contributed by atoms with Crippen molar-refractivity contribution in [3.05, 3.63) is 23.2 Å². The van der Waals surface area contributed by atoms with E-state index in [1.54, 1.807) is 6.92 Å². The maximum absolute atomic E-state index is 12.0. The van der Waals surface area contributed by atoms with Crippen LogP contribution in [0.15, 0.2) is 23.1 Å². The number of benzene rings is 1. The molecule has 0 aromatic heterocycles. The summed E-state index contributed by atoms with van der Waals surface area (Å²) in [5.41, 5.74) is 5.70. The van der Waals surface area contributed by atoms with Gasteiger partial charge in [-0.25, -0.2) is 13.1 Å². The van der Waals surface area contributed by atoms with Crippen LogP contribution in [0.2, 0.25) is 5.02 Å². The molecule has 0 aliphatic rings. The number of hydrogen-bond donors (Lipinski definition) is 3. The van der Waals surface area contributed by atoms with Gasteiger partial charge in [-0.15, -0.1) is 0 Å². The maximum atomic E-state index is 12.0. The Balaban J connectivity index is 2.71. The number of nitrogens with one attached hydrogen (secondary N) is 2. The first kappa shape index (κ1) is 15.7. The standard InChI is InChI=1S/C11H16ClN3O3S/c1-2-14-11(16)5-6-15-19(17,18)10-7-8(12)3-4-9(10)13/h3-4,7,15H,2,5-6,13H2,1H3,(H,14,16). The van der Waals surface area contributed by atoms with Gasteiger partial charge in [-0.3, -0.25) is 4.79 Å². The number of nitrogen functional groups attached to an aromatic ring is 1. The number of anilines is 1. The Morgan fingerprint density at radius 3 is 2.74 bits per heavy atom. The highest BCUT2D eigenvalue weighted by atomic mass is 35.5. The second-order valence-corrected chi connectivity index (χ2v) is 5.96. The number of sulfonamides is 1. The van der Waals surface area contributed by atoms with Crippen molar-refractivity contribution in [3.63, 3.8) is 0 Å². The lowest BCUT2D eigenvalue weighted by atomic mass is 10.3. The molecule has 19 heavy (non-hydrogen) atoms. The fraction of sp³-hybridized carbons (Fsp3) is 0.364. The highest BCUT2D eigenvalue weighted by Crippen LogP contribution is 2.22. The van der Waals surface area contributed by atoms with Crippen molar-refractivity contribution in [1.82, 2.24) is 10.0 Å². The van der Waals surface area contributed by atoms with E-state index in [2.05, 4.69) is 10.0 Å². The minimum atomic E-state index is -3.76. The van der Waals surface area contributed by atoms with Crippen molar-refractivity contribution in [2.45, 2.75) is 18.2 Å². The van der Waals surface area contributed by atoms with E-state index in [0.29, 0.717) is 6.54 Å². The maximum Gasteiger partial charge on any atom is 0.242 e. The fourth-order valence-corrected chi connectivity index (χ4v) is 2.83. The van der Waals surface area contributed by atoms with E-state index in [1.165, 1.54) is 18.2 Å². The SMILES string of the molecule is CCNC(=O)CCNS(=O)(=O)c1cc(Cl)ccc1N. The van der Waals surface area contributed by atoms with E-state index in [0.717, 1.165) is 0 Å². The predicted octanol–water partition coefficient (Wildman–Crippen LogP) is 0.727. The Hall–Kier alpha value is -1.31. The lowest BCUT2D eigenvalue weighted by Crippen LogP contribution is -2.31. The molecule has 0 heterocycles. The zero-order valence-electron chi connectivity index (χ0n) is 10.4. The summed E-state index contributed by atoms with van der Waals surface area (Å²) in [4.78, 5) is 11.1. The molecule has 0 fully saturated rings. The molecular formula is C11H16ClN3O3S. The van der Waals surface area contributed by atoms with Crippen LogP contribution in [0.5, 0.6) is 0 Å². The van der Waals surface area contributed by atoms with Gasteiger partial charge in [-0.05, 0) is 25.1 Å². The minimum Gasteiger partial charge on any atom is -0.398 e. The molecule has 1 amide bonds. The van der Waals surface area contributed by atoms with E-state index in [4.69, 9.17) is 17.3 Å². The summed E-state index contributed by atoms with van der Waals surface area (Å²) in [5, 5.41) is 2.85. The van der Waals surface area contributed by atoms with Crippen molar-refractivity contribution in [2.75, 3.05) is 18.8 Å². The lowest BCUT2D eigenvalue weighted by Gasteiger charge is -2.09.